The minimum atomic E-state index is -0.195. The lowest BCUT2D eigenvalue weighted by molar-refractivity contribution is 1.03. The number of aromatic amines is 1. The Morgan fingerprint density at radius 1 is 1.46 bits per heavy atom. The third-order valence-electron chi connectivity index (χ3n) is 1.70. The molecule has 1 N–H and O–H groups in total. The summed E-state index contributed by atoms with van der Waals surface area (Å²) in [5, 5.41) is 7.38. The summed E-state index contributed by atoms with van der Waals surface area (Å²) in [6.07, 6.45) is 0. The second kappa shape index (κ2) is 3.12. The van der Waals surface area contributed by atoms with Crippen molar-refractivity contribution in [2.24, 2.45) is 0 Å². The number of halogens is 2. The second-order valence-corrected chi connectivity index (χ2v) is 3.66. The van der Waals surface area contributed by atoms with Gasteiger partial charge in [-0.15, -0.1) is 0 Å². The maximum absolute atomic E-state index is 11.5. The van der Waals surface area contributed by atoms with Crippen molar-refractivity contribution in [3.63, 3.8) is 0 Å². The van der Waals surface area contributed by atoms with Gasteiger partial charge in [0.1, 0.15) is 0 Å². The Morgan fingerprint density at radius 3 is 3.00 bits per heavy atom. The van der Waals surface area contributed by atoms with Gasteiger partial charge in [-0.25, -0.2) is 0 Å². The highest BCUT2D eigenvalue weighted by molar-refractivity contribution is 9.10. The van der Waals surface area contributed by atoms with Gasteiger partial charge in [0, 0.05) is 0 Å². The topological polar surface area (TPSA) is 45.8 Å². The minimum absolute atomic E-state index is 0.195. The predicted octanol–water partition coefficient (Wildman–Crippen LogP) is 2.34. The number of H-pyrrole nitrogens is 1. The van der Waals surface area contributed by atoms with Gasteiger partial charge in [-0.05, 0) is 28.1 Å². The molecule has 1 aromatic carbocycles. The van der Waals surface area contributed by atoms with E-state index in [1.165, 1.54) is 0 Å². The summed E-state index contributed by atoms with van der Waals surface area (Å²) >= 11 is 8.90. The fourth-order valence-corrected chi connectivity index (χ4v) is 1.66. The van der Waals surface area contributed by atoms with Crippen LogP contribution in [0.15, 0.2) is 27.6 Å². The van der Waals surface area contributed by atoms with Crippen LogP contribution in [0.3, 0.4) is 0 Å². The smallest absolute Gasteiger partial charge is 0.223 e. The van der Waals surface area contributed by atoms with Crippen molar-refractivity contribution in [1.29, 1.82) is 0 Å². The number of fused-ring (bicyclic) bond motifs is 1. The first-order valence-electron chi connectivity index (χ1n) is 3.52. The quantitative estimate of drug-likeness (QED) is 0.789. The van der Waals surface area contributed by atoms with Crippen molar-refractivity contribution in [2.75, 3.05) is 0 Å². The first kappa shape index (κ1) is 8.72. The number of hydrogen-bond donors (Lipinski definition) is 1. The molecule has 0 unspecified atom stereocenters. The van der Waals surface area contributed by atoms with Crippen LogP contribution in [0.5, 0.6) is 0 Å². The largest absolute Gasteiger partial charge is 0.286 e. The highest BCUT2D eigenvalue weighted by atomic mass is 79.9. The zero-order valence-corrected chi connectivity index (χ0v) is 8.69. The van der Waals surface area contributed by atoms with E-state index in [0.717, 1.165) is 0 Å². The van der Waals surface area contributed by atoms with Crippen LogP contribution in [0.1, 0.15) is 0 Å². The average Bonchev–Trinajstić information content (AvgIpc) is 2.12. The summed E-state index contributed by atoms with van der Waals surface area (Å²) in [5.74, 6) is 0. The van der Waals surface area contributed by atoms with Crippen LogP contribution in [-0.4, -0.2) is 10.2 Å². The van der Waals surface area contributed by atoms with E-state index < -0.39 is 0 Å². The van der Waals surface area contributed by atoms with Crippen LogP contribution in [0.25, 0.3) is 10.9 Å². The Bertz CT molecular complexity index is 523. The molecule has 0 saturated heterocycles. The van der Waals surface area contributed by atoms with Crippen LogP contribution in [-0.2, 0) is 0 Å². The first-order chi connectivity index (χ1) is 6.20. The summed E-state index contributed by atoms with van der Waals surface area (Å²) < 4.78 is 0.244. The molecule has 0 spiro atoms. The molecule has 2 rings (SSSR count). The molecule has 0 radical (unpaired) electrons. The molecule has 1 aromatic heterocycles. The zero-order chi connectivity index (χ0) is 9.42. The van der Waals surface area contributed by atoms with Gasteiger partial charge >= 0.3 is 0 Å². The molecule has 0 saturated carbocycles. The van der Waals surface area contributed by atoms with Gasteiger partial charge in [0.05, 0.1) is 15.9 Å². The highest BCUT2D eigenvalue weighted by Gasteiger charge is 2.06. The van der Waals surface area contributed by atoms with Crippen molar-refractivity contribution in [1.82, 2.24) is 10.2 Å². The molecule has 0 aliphatic rings. The van der Waals surface area contributed by atoms with Crippen molar-refractivity contribution in [3.8, 4) is 0 Å². The Labute approximate surface area is 86.9 Å². The number of hydrogen-bond acceptors (Lipinski definition) is 2. The van der Waals surface area contributed by atoms with Crippen molar-refractivity contribution >= 4 is 38.4 Å². The Hall–Kier alpha value is -0.870. The Kier molecular flexibility index (Phi) is 2.09. The van der Waals surface area contributed by atoms with Gasteiger partial charge in [-0.3, -0.25) is 9.89 Å². The molecule has 0 aliphatic heterocycles. The van der Waals surface area contributed by atoms with E-state index in [-0.39, 0.29) is 10.0 Å². The Balaban J connectivity index is 3.06. The third kappa shape index (κ3) is 1.36. The van der Waals surface area contributed by atoms with E-state index in [9.17, 15) is 4.79 Å². The van der Waals surface area contributed by atoms with Crippen LogP contribution in [0, 0.1) is 0 Å². The number of benzene rings is 1. The lowest BCUT2D eigenvalue weighted by Crippen LogP contribution is -2.06. The van der Waals surface area contributed by atoms with E-state index >= 15 is 0 Å². The van der Waals surface area contributed by atoms with Gasteiger partial charge in [0.2, 0.25) is 5.43 Å². The monoisotopic (exact) mass is 258 g/mol. The standard InChI is InChI=1S/C8H4BrClN2O/c9-8-7(13)6-4(10)2-1-3-5(6)11-12-8/h1-3H,(H,11,13). The number of aromatic nitrogens is 2. The molecular weight excluding hydrogens is 255 g/mol. The maximum atomic E-state index is 11.5. The fraction of sp³-hybridized carbons (Fsp3) is 0. The van der Waals surface area contributed by atoms with Gasteiger partial charge < -0.3 is 0 Å². The number of nitrogens with one attached hydrogen (secondary N) is 1. The zero-order valence-electron chi connectivity index (χ0n) is 6.34. The van der Waals surface area contributed by atoms with Gasteiger partial charge in [0.25, 0.3) is 0 Å². The summed E-state index contributed by atoms with van der Waals surface area (Å²) in [6, 6.07) is 5.18. The van der Waals surface area contributed by atoms with Gasteiger partial charge in [-0.1, -0.05) is 17.7 Å². The number of rotatable bonds is 0. The maximum Gasteiger partial charge on any atom is 0.223 e. The molecule has 1 heterocycles. The fourth-order valence-electron chi connectivity index (χ4n) is 1.11. The van der Waals surface area contributed by atoms with E-state index in [1.54, 1.807) is 18.2 Å². The van der Waals surface area contributed by atoms with Crippen LogP contribution >= 0.6 is 27.5 Å². The lowest BCUT2D eigenvalue weighted by atomic mass is 10.2. The highest BCUT2D eigenvalue weighted by Crippen LogP contribution is 2.18. The van der Waals surface area contributed by atoms with E-state index in [2.05, 4.69) is 26.1 Å². The molecule has 3 nitrogen and oxygen atoms in total. The molecule has 13 heavy (non-hydrogen) atoms. The summed E-state index contributed by atoms with van der Waals surface area (Å²) in [6.45, 7) is 0. The van der Waals surface area contributed by atoms with E-state index in [4.69, 9.17) is 11.6 Å². The average molecular weight is 259 g/mol. The summed E-state index contributed by atoms with van der Waals surface area (Å²) in [5.41, 5.74) is 0.444. The molecule has 2 aromatic rings. The third-order valence-corrected chi connectivity index (χ3v) is 2.55. The molecule has 0 amide bonds. The molecule has 0 fully saturated rings. The molecule has 0 bridgehead atoms. The van der Waals surface area contributed by atoms with E-state index in [0.29, 0.717) is 15.9 Å². The Morgan fingerprint density at radius 2 is 2.23 bits per heavy atom. The SMILES string of the molecule is O=c1c(Br)n[nH]c2cccc(Cl)c12. The normalized spacial score (nSPS) is 10.6. The van der Waals surface area contributed by atoms with E-state index in [1.807, 2.05) is 0 Å². The number of nitrogens with zero attached hydrogens (tertiary/aromatic N) is 1. The van der Waals surface area contributed by atoms with Crippen molar-refractivity contribution in [2.45, 2.75) is 0 Å². The predicted molar refractivity (Wildman–Crippen MR) is 55.1 cm³/mol. The molecule has 66 valence electrons. The molecule has 0 atom stereocenters. The first-order valence-corrected chi connectivity index (χ1v) is 4.69. The molecular formula is C8H4BrClN2O. The van der Waals surface area contributed by atoms with Crippen LogP contribution < -0.4 is 5.43 Å². The lowest BCUT2D eigenvalue weighted by Gasteiger charge is -1.98. The minimum Gasteiger partial charge on any atom is -0.286 e. The van der Waals surface area contributed by atoms with Crippen LogP contribution in [0.4, 0.5) is 0 Å². The van der Waals surface area contributed by atoms with Crippen LogP contribution in [0.2, 0.25) is 5.02 Å². The van der Waals surface area contributed by atoms with Crippen molar-refractivity contribution < 1.29 is 0 Å². The van der Waals surface area contributed by atoms with Crippen molar-refractivity contribution in [3.05, 3.63) is 38.0 Å². The van der Waals surface area contributed by atoms with Gasteiger partial charge in [0.15, 0.2) is 4.60 Å². The van der Waals surface area contributed by atoms with Gasteiger partial charge in [-0.2, -0.15) is 5.10 Å². The molecule has 0 aliphatic carbocycles. The molecule has 5 heteroatoms. The second-order valence-electron chi connectivity index (χ2n) is 2.51. The summed E-state index contributed by atoms with van der Waals surface area (Å²) in [7, 11) is 0. The summed E-state index contributed by atoms with van der Waals surface area (Å²) in [4.78, 5) is 11.5.